The molecule has 0 amide bonds. The molecule has 30 heavy (non-hydrogen) atoms. The van der Waals surface area contributed by atoms with Crippen LogP contribution in [-0.2, 0) is 12.0 Å². The number of hydrogen-bond acceptors (Lipinski definition) is 7. The zero-order valence-electron chi connectivity index (χ0n) is 15.3. The van der Waals surface area contributed by atoms with Crippen LogP contribution in [0.15, 0.2) is 55.9 Å². The van der Waals surface area contributed by atoms with Crippen molar-refractivity contribution in [1.29, 1.82) is 0 Å². The fraction of sp³-hybridized carbons (Fsp3) is 0.211. The number of halogens is 4. The molecule has 0 bridgehead atoms. The molecule has 0 spiro atoms. The van der Waals surface area contributed by atoms with Crippen LogP contribution in [0.25, 0.3) is 22.9 Å². The molecule has 0 saturated heterocycles. The van der Waals surface area contributed by atoms with Gasteiger partial charge in [0.25, 0.3) is 5.89 Å². The Hall–Kier alpha value is -3.47. The zero-order chi connectivity index (χ0) is 21.5. The van der Waals surface area contributed by atoms with Crippen molar-refractivity contribution in [1.82, 2.24) is 15.3 Å². The van der Waals surface area contributed by atoms with Crippen LogP contribution in [0.4, 0.5) is 17.6 Å². The first-order valence-corrected chi connectivity index (χ1v) is 8.58. The average molecular weight is 423 g/mol. The molecule has 0 aliphatic carbocycles. The average Bonchev–Trinajstić information content (AvgIpc) is 3.41. The van der Waals surface area contributed by atoms with E-state index in [1.54, 1.807) is 6.07 Å². The monoisotopic (exact) mass is 423 g/mol. The Morgan fingerprint density at radius 3 is 2.47 bits per heavy atom. The molecule has 3 heterocycles. The molecule has 0 saturated carbocycles. The summed E-state index contributed by atoms with van der Waals surface area (Å²) in [6.45, 7) is 1.45. The second kappa shape index (κ2) is 7.10. The molecular weight excluding hydrogens is 410 g/mol. The molecule has 0 aliphatic heterocycles. The lowest BCUT2D eigenvalue weighted by Gasteiger charge is -2.27. The fourth-order valence-corrected chi connectivity index (χ4v) is 2.81. The Bertz CT molecular complexity index is 1180. The van der Waals surface area contributed by atoms with Gasteiger partial charge in [-0.25, -0.2) is 4.39 Å². The van der Waals surface area contributed by atoms with E-state index >= 15 is 0 Å². The van der Waals surface area contributed by atoms with Crippen molar-refractivity contribution >= 4 is 0 Å². The van der Waals surface area contributed by atoms with Gasteiger partial charge >= 0.3 is 6.18 Å². The summed E-state index contributed by atoms with van der Waals surface area (Å²) in [5.74, 6) is -1.66. The van der Waals surface area contributed by atoms with Gasteiger partial charge in [-0.3, -0.25) is 0 Å². The summed E-state index contributed by atoms with van der Waals surface area (Å²) >= 11 is 0. The number of rotatable bonds is 5. The summed E-state index contributed by atoms with van der Waals surface area (Å²) in [6.07, 6.45) is -6.12. The first-order chi connectivity index (χ1) is 14.2. The highest BCUT2D eigenvalue weighted by Crippen LogP contribution is 2.42. The number of aromatic nitrogens is 3. The van der Waals surface area contributed by atoms with Gasteiger partial charge in [0.2, 0.25) is 5.60 Å². The van der Waals surface area contributed by atoms with Crippen molar-refractivity contribution in [3.05, 3.63) is 65.6 Å². The van der Waals surface area contributed by atoms with Crippen molar-refractivity contribution in [3.63, 3.8) is 0 Å². The molecule has 1 N–H and O–H groups in total. The maximum absolute atomic E-state index is 13.9. The van der Waals surface area contributed by atoms with Gasteiger partial charge in [-0.2, -0.15) is 18.2 Å². The van der Waals surface area contributed by atoms with Gasteiger partial charge in [-0.1, -0.05) is 22.4 Å². The Morgan fingerprint density at radius 2 is 1.80 bits per heavy atom. The van der Waals surface area contributed by atoms with Crippen LogP contribution in [0, 0.1) is 12.7 Å². The second-order valence-corrected chi connectivity index (χ2v) is 6.52. The fourth-order valence-electron chi connectivity index (χ4n) is 2.81. The lowest BCUT2D eigenvalue weighted by atomic mass is 9.95. The highest BCUT2D eigenvalue weighted by molar-refractivity contribution is 5.62. The Morgan fingerprint density at radius 1 is 1.03 bits per heavy atom. The van der Waals surface area contributed by atoms with E-state index in [1.807, 2.05) is 0 Å². The van der Waals surface area contributed by atoms with E-state index in [2.05, 4.69) is 15.3 Å². The summed E-state index contributed by atoms with van der Waals surface area (Å²) in [5.41, 5.74) is -3.23. The minimum Gasteiger partial charge on any atom is -0.463 e. The summed E-state index contributed by atoms with van der Waals surface area (Å²) in [6, 6.07) is 9.43. The molecule has 1 aromatic carbocycles. The lowest BCUT2D eigenvalue weighted by Crippen LogP contribution is -2.44. The molecule has 4 rings (SSSR count). The second-order valence-electron chi connectivity index (χ2n) is 6.52. The molecular formula is C19H13F4N3O4. The number of alkyl halides is 3. The SMILES string of the molecule is Cc1ccc(C(O)(Cc2noc(-c3cc(-c4ccccc4F)on3)n2)C(F)(F)F)o1. The summed E-state index contributed by atoms with van der Waals surface area (Å²) < 4.78 is 69.6. The van der Waals surface area contributed by atoms with E-state index < -0.39 is 35.6 Å². The standard InChI is InChI=1S/C19H13F4N3O4/c1-10-6-7-15(28-10)18(27,19(21,22)23)9-16-24-17(30-26-16)13-8-14(29-25-13)11-4-2-3-5-12(11)20/h2-8,27H,9H2,1H3. The van der Waals surface area contributed by atoms with E-state index in [0.717, 1.165) is 6.07 Å². The van der Waals surface area contributed by atoms with Crippen molar-refractivity contribution in [3.8, 4) is 22.9 Å². The van der Waals surface area contributed by atoms with Crippen LogP contribution in [0.1, 0.15) is 17.3 Å². The summed E-state index contributed by atoms with van der Waals surface area (Å²) in [7, 11) is 0. The van der Waals surface area contributed by atoms with Gasteiger partial charge in [0.1, 0.15) is 17.3 Å². The third-order valence-corrected chi connectivity index (χ3v) is 4.37. The van der Waals surface area contributed by atoms with E-state index in [9.17, 15) is 22.7 Å². The lowest BCUT2D eigenvalue weighted by molar-refractivity contribution is -0.273. The molecule has 11 heteroatoms. The Balaban J connectivity index is 1.62. The van der Waals surface area contributed by atoms with Gasteiger partial charge in [0.15, 0.2) is 17.3 Å². The molecule has 156 valence electrons. The predicted octanol–water partition coefficient (Wildman–Crippen LogP) is 4.42. The summed E-state index contributed by atoms with van der Waals surface area (Å²) in [5, 5.41) is 17.5. The van der Waals surface area contributed by atoms with Crippen LogP contribution in [0.5, 0.6) is 0 Å². The first kappa shape index (κ1) is 19.8. The Kier molecular flexibility index (Phi) is 4.69. The van der Waals surface area contributed by atoms with Crippen LogP contribution in [0.3, 0.4) is 0 Å². The van der Waals surface area contributed by atoms with Crippen LogP contribution < -0.4 is 0 Å². The Labute approximate surface area is 165 Å². The van der Waals surface area contributed by atoms with E-state index in [4.69, 9.17) is 13.5 Å². The van der Waals surface area contributed by atoms with Crippen LogP contribution in [0.2, 0.25) is 0 Å². The van der Waals surface area contributed by atoms with Gasteiger partial charge < -0.3 is 18.6 Å². The number of furan rings is 1. The third-order valence-electron chi connectivity index (χ3n) is 4.37. The minimum atomic E-state index is -5.07. The molecule has 0 aliphatic rings. The minimum absolute atomic E-state index is 0.00334. The highest BCUT2D eigenvalue weighted by Gasteiger charge is 2.58. The quantitative estimate of drug-likeness (QED) is 0.474. The van der Waals surface area contributed by atoms with Crippen LogP contribution in [-0.4, -0.2) is 26.6 Å². The number of hydrogen-bond donors (Lipinski definition) is 1. The molecule has 3 aromatic heterocycles. The zero-order valence-corrected chi connectivity index (χ0v) is 15.3. The topological polar surface area (TPSA) is 98.3 Å². The van der Waals surface area contributed by atoms with E-state index in [-0.39, 0.29) is 28.7 Å². The number of aliphatic hydroxyl groups is 1. The molecule has 1 atom stereocenters. The number of nitrogens with zero attached hydrogens (tertiary/aromatic N) is 3. The van der Waals surface area contributed by atoms with Gasteiger partial charge in [-0.05, 0) is 31.2 Å². The van der Waals surface area contributed by atoms with Crippen molar-refractivity contribution in [2.24, 2.45) is 0 Å². The maximum atomic E-state index is 13.9. The predicted molar refractivity (Wildman–Crippen MR) is 92.3 cm³/mol. The van der Waals surface area contributed by atoms with Gasteiger partial charge in [0, 0.05) is 6.07 Å². The van der Waals surface area contributed by atoms with Crippen molar-refractivity contribution < 1.29 is 36.1 Å². The molecule has 4 aromatic rings. The maximum Gasteiger partial charge on any atom is 0.425 e. The first-order valence-electron chi connectivity index (χ1n) is 8.58. The van der Waals surface area contributed by atoms with Crippen molar-refractivity contribution in [2.75, 3.05) is 0 Å². The highest BCUT2D eigenvalue weighted by atomic mass is 19.4. The molecule has 0 radical (unpaired) electrons. The van der Waals surface area contributed by atoms with Gasteiger partial charge in [-0.15, -0.1) is 0 Å². The van der Waals surface area contributed by atoms with E-state index in [0.29, 0.717) is 0 Å². The van der Waals surface area contributed by atoms with Crippen molar-refractivity contribution in [2.45, 2.75) is 25.1 Å². The molecule has 0 fully saturated rings. The normalized spacial score (nSPS) is 14.1. The van der Waals surface area contributed by atoms with Crippen LogP contribution >= 0.6 is 0 Å². The van der Waals surface area contributed by atoms with E-state index in [1.165, 1.54) is 37.3 Å². The largest absolute Gasteiger partial charge is 0.463 e. The number of benzene rings is 1. The third kappa shape index (κ3) is 3.47. The number of aryl methyl sites for hydroxylation is 1. The summed E-state index contributed by atoms with van der Waals surface area (Å²) in [4.78, 5) is 3.85. The van der Waals surface area contributed by atoms with Gasteiger partial charge in [0.05, 0.1) is 12.0 Å². The molecule has 1 unspecified atom stereocenters. The molecule has 7 nitrogen and oxygen atoms in total. The smallest absolute Gasteiger partial charge is 0.425 e.